The summed E-state index contributed by atoms with van der Waals surface area (Å²) >= 11 is 0. The third kappa shape index (κ3) is 2.14. The number of nitrogens with zero attached hydrogens (tertiary/aromatic N) is 2. The van der Waals surface area contributed by atoms with Gasteiger partial charge in [0.2, 0.25) is 0 Å². The summed E-state index contributed by atoms with van der Waals surface area (Å²) in [6, 6.07) is 3.68. The van der Waals surface area contributed by atoms with Crippen LogP contribution in [0.25, 0.3) is 11.0 Å². The molecule has 0 aliphatic heterocycles. The van der Waals surface area contributed by atoms with Gasteiger partial charge < -0.3 is 14.4 Å². The van der Waals surface area contributed by atoms with E-state index in [1.807, 2.05) is 17.7 Å². The van der Waals surface area contributed by atoms with E-state index in [1.165, 1.54) is 7.11 Å². The third-order valence-corrected chi connectivity index (χ3v) is 2.71. The van der Waals surface area contributed by atoms with Crippen molar-refractivity contribution >= 4 is 17.0 Å². The lowest BCUT2D eigenvalue weighted by Gasteiger charge is -2.07. The second-order valence-corrected chi connectivity index (χ2v) is 3.87. The van der Waals surface area contributed by atoms with Crippen LogP contribution >= 0.6 is 0 Å². The molecule has 0 unspecified atom stereocenters. The monoisotopic (exact) mass is 234 g/mol. The molecule has 0 aromatic carbocycles. The average Bonchev–Trinajstić information content (AvgIpc) is 2.67. The first kappa shape index (κ1) is 11.6. The predicted molar refractivity (Wildman–Crippen MR) is 62.3 cm³/mol. The number of fused-ring (bicyclic) bond motifs is 1. The number of carbonyl (C=O) groups is 1. The van der Waals surface area contributed by atoms with Gasteiger partial charge in [-0.1, -0.05) is 0 Å². The number of aryl methyl sites for hydroxylation is 1. The zero-order valence-corrected chi connectivity index (χ0v) is 9.75. The van der Waals surface area contributed by atoms with E-state index in [9.17, 15) is 9.90 Å². The smallest absolute Gasteiger partial charge is 0.308 e. The van der Waals surface area contributed by atoms with Crippen molar-refractivity contribution in [1.82, 2.24) is 9.55 Å². The number of hydrogen-bond donors (Lipinski definition) is 1. The molecule has 0 radical (unpaired) electrons. The Balaban J connectivity index is 2.38. The number of esters is 1. The fourth-order valence-electron chi connectivity index (χ4n) is 1.86. The summed E-state index contributed by atoms with van der Waals surface area (Å²) < 4.78 is 6.36. The number of aliphatic hydroxyl groups is 1. The van der Waals surface area contributed by atoms with Gasteiger partial charge >= 0.3 is 5.97 Å². The van der Waals surface area contributed by atoms with E-state index in [2.05, 4.69) is 9.72 Å². The van der Waals surface area contributed by atoms with E-state index in [0.29, 0.717) is 5.56 Å². The molecule has 0 saturated heterocycles. The van der Waals surface area contributed by atoms with Gasteiger partial charge in [-0.15, -0.1) is 0 Å². The third-order valence-electron chi connectivity index (χ3n) is 2.71. The Morgan fingerprint density at radius 3 is 3.12 bits per heavy atom. The summed E-state index contributed by atoms with van der Waals surface area (Å²) in [5, 5.41) is 10.8. The maximum Gasteiger partial charge on any atom is 0.308 e. The minimum absolute atomic E-state index is 0.0511. The Morgan fingerprint density at radius 2 is 2.41 bits per heavy atom. The number of hydrogen-bond acceptors (Lipinski definition) is 4. The number of carbonyl (C=O) groups excluding carboxylic acids is 1. The first-order valence-electron chi connectivity index (χ1n) is 5.28. The lowest BCUT2D eigenvalue weighted by Crippen LogP contribution is -2.07. The Kier molecular flexibility index (Phi) is 3.10. The number of aliphatic hydroxyl groups excluding tert-OH is 1. The van der Waals surface area contributed by atoms with Gasteiger partial charge in [0, 0.05) is 30.4 Å². The number of pyridine rings is 1. The Hall–Kier alpha value is -1.88. The molecule has 0 aliphatic rings. The van der Waals surface area contributed by atoms with Gasteiger partial charge in [-0.05, 0) is 12.1 Å². The van der Waals surface area contributed by atoms with Crippen molar-refractivity contribution in [2.45, 2.75) is 12.5 Å². The molecular formula is C12H14N2O3. The molecule has 90 valence electrons. The fourth-order valence-corrected chi connectivity index (χ4v) is 1.86. The van der Waals surface area contributed by atoms with Crippen LogP contribution in [0.2, 0.25) is 0 Å². The number of aromatic nitrogens is 2. The highest BCUT2D eigenvalue weighted by atomic mass is 16.5. The number of methoxy groups -OCH3 is 1. The quantitative estimate of drug-likeness (QED) is 0.810. The molecule has 0 bridgehead atoms. The molecule has 1 atom stereocenters. The Bertz CT molecular complexity index is 548. The summed E-state index contributed by atoms with van der Waals surface area (Å²) in [4.78, 5) is 15.4. The molecule has 2 rings (SSSR count). The van der Waals surface area contributed by atoms with Crippen molar-refractivity contribution in [3.05, 3.63) is 30.1 Å². The minimum atomic E-state index is -0.865. The van der Waals surface area contributed by atoms with Crippen molar-refractivity contribution in [3.8, 4) is 0 Å². The molecule has 5 heteroatoms. The predicted octanol–water partition coefficient (Wildman–Crippen LogP) is 1.17. The van der Waals surface area contributed by atoms with Gasteiger partial charge in [-0.25, -0.2) is 4.98 Å². The van der Waals surface area contributed by atoms with E-state index < -0.39 is 12.1 Å². The molecule has 2 aromatic rings. The molecule has 0 amide bonds. The normalized spacial score (nSPS) is 12.6. The summed E-state index contributed by atoms with van der Waals surface area (Å²) in [5.74, 6) is -0.432. The lowest BCUT2D eigenvalue weighted by atomic mass is 10.1. The first-order valence-corrected chi connectivity index (χ1v) is 5.28. The topological polar surface area (TPSA) is 64.3 Å². The highest BCUT2D eigenvalue weighted by Gasteiger charge is 2.18. The zero-order valence-electron chi connectivity index (χ0n) is 9.75. The van der Waals surface area contributed by atoms with Crippen LogP contribution in [0.1, 0.15) is 18.1 Å². The maximum absolute atomic E-state index is 11.1. The molecule has 2 aromatic heterocycles. The Labute approximate surface area is 98.6 Å². The summed E-state index contributed by atoms with van der Waals surface area (Å²) in [7, 11) is 3.16. The highest BCUT2D eigenvalue weighted by Crippen LogP contribution is 2.26. The van der Waals surface area contributed by atoms with E-state index >= 15 is 0 Å². The molecule has 0 fully saturated rings. The second kappa shape index (κ2) is 4.55. The van der Waals surface area contributed by atoms with E-state index in [1.54, 1.807) is 18.5 Å². The fraction of sp³-hybridized carbons (Fsp3) is 0.333. The second-order valence-electron chi connectivity index (χ2n) is 3.87. The highest BCUT2D eigenvalue weighted by molar-refractivity contribution is 5.81. The van der Waals surface area contributed by atoms with Crippen LogP contribution in [0.5, 0.6) is 0 Å². The SMILES string of the molecule is COC(=O)C[C@@H](O)c1cn(C)c2ncccc12. The molecule has 0 saturated carbocycles. The molecule has 1 N–H and O–H groups in total. The summed E-state index contributed by atoms with van der Waals surface area (Å²) in [6.07, 6.45) is 2.56. The number of ether oxygens (including phenoxy) is 1. The van der Waals surface area contributed by atoms with Crippen molar-refractivity contribution in [1.29, 1.82) is 0 Å². The minimum Gasteiger partial charge on any atom is -0.469 e. The van der Waals surface area contributed by atoms with Crippen LogP contribution in [0.15, 0.2) is 24.5 Å². The Morgan fingerprint density at radius 1 is 1.65 bits per heavy atom. The van der Waals surface area contributed by atoms with Crippen molar-refractivity contribution < 1.29 is 14.6 Å². The molecular weight excluding hydrogens is 220 g/mol. The van der Waals surface area contributed by atoms with Gasteiger partial charge in [0.05, 0.1) is 19.6 Å². The lowest BCUT2D eigenvalue weighted by molar-refractivity contribution is -0.142. The molecule has 0 aliphatic carbocycles. The number of rotatable bonds is 3. The largest absolute Gasteiger partial charge is 0.469 e. The first-order chi connectivity index (χ1) is 8.13. The van der Waals surface area contributed by atoms with Crippen molar-refractivity contribution in [2.24, 2.45) is 7.05 Å². The van der Waals surface area contributed by atoms with Crippen LogP contribution in [0.3, 0.4) is 0 Å². The summed E-state index contributed by atoms with van der Waals surface area (Å²) in [6.45, 7) is 0. The molecule has 2 heterocycles. The zero-order chi connectivity index (χ0) is 12.4. The molecule has 17 heavy (non-hydrogen) atoms. The van der Waals surface area contributed by atoms with Gasteiger partial charge in [-0.2, -0.15) is 0 Å². The van der Waals surface area contributed by atoms with Crippen LogP contribution in [0.4, 0.5) is 0 Å². The summed E-state index contributed by atoms with van der Waals surface area (Å²) in [5.41, 5.74) is 1.48. The van der Waals surface area contributed by atoms with E-state index in [-0.39, 0.29) is 6.42 Å². The van der Waals surface area contributed by atoms with Crippen LogP contribution in [0, 0.1) is 0 Å². The van der Waals surface area contributed by atoms with E-state index in [4.69, 9.17) is 0 Å². The molecule has 0 spiro atoms. The average molecular weight is 234 g/mol. The van der Waals surface area contributed by atoms with Crippen LogP contribution < -0.4 is 0 Å². The van der Waals surface area contributed by atoms with Gasteiger partial charge in [0.1, 0.15) is 5.65 Å². The van der Waals surface area contributed by atoms with Crippen molar-refractivity contribution in [3.63, 3.8) is 0 Å². The van der Waals surface area contributed by atoms with E-state index in [0.717, 1.165) is 11.0 Å². The van der Waals surface area contributed by atoms with Crippen LogP contribution in [-0.4, -0.2) is 27.7 Å². The van der Waals surface area contributed by atoms with Crippen LogP contribution in [-0.2, 0) is 16.6 Å². The van der Waals surface area contributed by atoms with Gasteiger partial charge in [0.25, 0.3) is 0 Å². The maximum atomic E-state index is 11.1. The van der Waals surface area contributed by atoms with Crippen molar-refractivity contribution in [2.75, 3.05) is 7.11 Å². The molecule has 5 nitrogen and oxygen atoms in total. The van der Waals surface area contributed by atoms with Gasteiger partial charge in [0.15, 0.2) is 0 Å². The standard InChI is InChI=1S/C12H14N2O3/c1-14-7-9(10(15)6-11(16)17-2)8-4-3-5-13-12(8)14/h3-5,7,10,15H,6H2,1-2H3/t10-/m1/s1. The van der Waals surface area contributed by atoms with Gasteiger partial charge in [-0.3, -0.25) is 4.79 Å².